The zero-order valence-electron chi connectivity index (χ0n) is 19.8. The molecule has 0 aliphatic heterocycles. The number of ketones is 1. The average Bonchev–Trinajstić information content (AvgIpc) is 3.66. The van der Waals surface area contributed by atoms with Crippen LogP contribution in [0.3, 0.4) is 0 Å². The molecule has 10 heteroatoms. The van der Waals surface area contributed by atoms with Gasteiger partial charge in [-0.15, -0.1) is 0 Å². The molecule has 1 aromatic heterocycles. The zero-order chi connectivity index (χ0) is 26.7. The van der Waals surface area contributed by atoms with Crippen LogP contribution in [0.5, 0.6) is 0 Å². The maximum atomic E-state index is 14.1. The molecule has 0 spiro atoms. The first kappa shape index (κ1) is 24.3. The fourth-order valence-electron chi connectivity index (χ4n) is 5.69. The molecule has 0 radical (unpaired) electrons. The van der Waals surface area contributed by atoms with Crippen molar-refractivity contribution in [3.8, 4) is 11.4 Å². The molecule has 0 saturated heterocycles. The second-order valence-corrected chi connectivity index (χ2v) is 9.92. The van der Waals surface area contributed by atoms with Crippen LogP contribution < -0.4 is 5.32 Å². The van der Waals surface area contributed by atoms with Crippen molar-refractivity contribution in [2.24, 2.45) is 11.8 Å². The molecule has 3 aromatic carbocycles. The summed E-state index contributed by atoms with van der Waals surface area (Å²) in [5, 5.41) is 3.15. The third-order valence-electron chi connectivity index (χ3n) is 7.66. The lowest BCUT2D eigenvalue weighted by molar-refractivity contribution is 0.0922. The van der Waals surface area contributed by atoms with E-state index in [2.05, 4.69) is 15.3 Å². The summed E-state index contributed by atoms with van der Waals surface area (Å²) in [6, 6.07) is 10.6. The fraction of sp³-hybridized carbons (Fsp3) is 0.250. The number of aromatic amines is 1. The Kier molecular flexibility index (Phi) is 5.77. The smallest absolute Gasteiger partial charge is 0.251 e. The van der Waals surface area contributed by atoms with Crippen LogP contribution in [0.25, 0.3) is 22.4 Å². The second kappa shape index (κ2) is 9.04. The molecule has 2 aliphatic rings. The van der Waals surface area contributed by atoms with Crippen molar-refractivity contribution in [3.05, 3.63) is 88.2 Å². The predicted octanol–water partition coefficient (Wildman–Crippen LogP) is 6.07. The van der Waals surface area contributed by atoms with Crippen LogP contribution in [0.2, 0.25) is 0 Å². The van der Waals surface area contributed by atoms with Crippen molar-refractivity contribution >= 4 is 22.7 Å². The summed E-state index contributed by atoms with van der Waals surface area (Å²) < 4.78 is 68.5. The molecule has 3 atom stereocenters. The third-order valence-corrected chi connectivity index (χ3v) is 7.66. The monoisotopic (exact) mass is 525 g/mol. The van der Waals surface area contributed by atoms with E-state index in [1.165, 1.54) is 37.1 Å². The zero-order valence-corrected chi connectivity index (χ0v) is 19.8. The number of benzene rings is 3. The van der Waals surface area contributed by atoms with Crippen molar-refractivity contribution < 1.29 is 31.5 Å². The topological polar surface area (TPSA) is 74.8 Å². The Morgan fingerprint density at radius 2 is 1.47 bits per heavy atom. The van der Waals surface area contributed by atoms with E-state index < -0.39 is 40.4 Å². The molecule has 1 amide bonds. The third kappa shape index (κ3) is 3.95. The minimum Gasteiger partial charge on any atom is -0.349 e. The number of rotatable bonds is 5. The first-order valence-electron chi connectivity index (χ1n) is 12.2. The van der Waals surface area contributed by atoms with Crippen molar-refractivity contribution in [2.45, 2.75) is 31.7 Å². The Labute approximate surface area is 213 Å². The number of halogens is 5. The van der Waals surface area contributed by atoms with Gasteiger partial charge in [0.25, 0.3) is 5.91 Å². The number of amides is 1. The van der Waals surface area contributed by atoms with Gasteiger partial charge in [0.05, 0.1) is 11.0 Å². The van der Waals surface area contributed by atoms with Crippen molar-refractivity contribution in [1.82, 2.24) is 15.3 Å². The van der Waals surface area contributed by atoms with Crippen LogP contribution in [-0.2, 0) is 0 Å². The maximum Gasteiger partial charge on any atom is 0.251 e. The summed E-state index contributed by atoms with van der Waals surface area (Å²) in [4.78, 5) is 33.0. The number of hydrogen-bond donors (Lipinski definition) is 2. The van der Waals surface area contributed by atoms with Crippen LogP contribution >= 0.6 is 0 Å². The van der Waals surface area contributed by atoms with Gasteiger partial charge in [-0.25, -0.2) is 26.9 Å². The van der Waals surface area contributed by atoms with Crippen LogP contribution in [0.4, 0.5) is 22.0 Å². The highest BCUT2D eigenvalue weighted by Crippen LogP contribution is 2.44. The Morgan fingerprint density at radius 1 is 0.816 bits per heavy atom. The summed E-state index contributed by atoms with van der Waals surface area (Å²) in [6.07, 6.45) is 4.60. The molecule has 5 nitrogen and oxygen atoms in total. The molecule has 2 bridgehead atoms. The van der Waals surface area contributed by atoms with Gasteiger partial charge in [0, 0.05) is 22.7 Å². The minimum absolute atomic E-state index is 0.142. The summed E-state index contributed by atoms with van der Waals surface area (Å²) in [5.41, 5.74) is 0.421. The number of nitrogens with zero attached hydrogens (tertiary/aromatic N) is 1. The standard InChI is InChI=1S/C28H20F5N3O2/c29-21-20(22(30)24(32)25(33)23(21)31)26(37)13-3-5-14(6-4-13)27-34-17-8-7-16(11-19(17)35-27)28(38)36-18-10-12-1-2-15(18)9-12/h3-8,11-12,15,18H,1-2,9-10H2,(H,34,35)(H,36,38). The predicted molar refractivity (Wildman–Crippen MR) is 128 cm³/mol. The molecule has 2 saturated carbocycles. The number of fused-ring (bicyclic) bond motifs is 3. The highest BCUT2D eigenvalue weighted by Gasteiger charge is 2.40. The first-order valence-corrected chi connectivity index (χ1v) is 12.2. The van der Waals surface area contributed by atoms with Gasteiger partial charge in [0.1, 0.15) is 11.4 Å². The van der Waals surface area contributed by atoms with Crippen molar-refractivity contribution in [2.75, 3.05) is 0 Å². The van der Waals surface area contributed by atoms with E-state index in [1.807, 2.05) is 0 Å². The number of imidazole rings is 1. The molecule has 3 unspecified atom stereocenters. The van der Waals surface area contributed by atoms with Gasteiger partial charge in [0.2, 0.25) is 5.82 Å². The molecular formula is C28H20F5N3O2. The van der Waals surface area contributed by atoms with E-state index in [9.17, 15) is 31.5 Å². The number of carbonyl (C=O) groups excluding carboxylic acids is 2. The molecular weight excluding hydrogens is 505 g/mol. The number of H-pyrrole nitrogens is 1. The highest BCUT2D eigenvalue weighted by atomic mass is 19.2. The summed E-state index contributed by atoms with van der Waals surface area (Å²) in [6.45, 7) is 0. The molecule has 38 heavy (non-hydrogen) atoms. The van der Waals surface area contributed by atoms with Crippen molar-refractivity contribution in [3.63, 3.8) is 0 Å². The van der Waals surface area contributed by atoms with E-state index >= 15 is 0 Å². The SMILES string of the molecule is O=C(NC1CC2CCC1C2)c1ccc2nc(-c3ccc(C(=O)c4c(F)c(F)c(F)c(F)c4F)cc3)[nH]c2c1. The molecule has 194 valence electrons. The van der Waals surface area contributed by atoms with Gasteiger partial charge < -0.3 is 10.3 Å². The van der Waals surface area contributed by atoms with Gasteiger partial charge >= 0.3 is 0 Å². The highest BCUT2D eigenvalue weighted by molar-refractivity contribution is 6.09. The normalized spacial score (nSPS) is 20.3. The summed E-state index contributed by atoms with van der Waals surface area (Å²) >= 11 is 0. The van der Waals surface area contributed by atoms with Gasteiger partial charge in [-0.1, -0.05) is 30.7 Å². The van der Waals surface area contributed by atoms with E-state index in [1.54, 1.807) is 18.2 Å². The van der Waals surface area contributed by atoms with Crippen molar-refractivity contribution in [1.29, 1.82) is 0 Å². The number of hydrogen-bond acceptors (Lipinski definition) is 3. The van der Waals surface area contributed by atoms with Crippen LogP contribution in [0.15, 0.2) is 42.5 Å². The fourth-order valence-corrected chi connectivity index (χ4v) is 5.69. The maximum absolute atomic E-state index is 14.1. The second-order valence-electron chi connectivity index (χ2n) is 9.92. The number of nitrogens with one attached hydrogen (secondary N) is 2. The summed E-state index contributed by atoms with van der Waals surface area (Å²) in [7, 11) is 0. The molecule has 2 aliphatic carbocycles. The molecule has 6 rings (SSSR count). The molecule has 4 aromatic rings. The Bertz CT molecular complexity index is 1590. The average molecular weight is 525 g/mol. The number of carbonyl (C=O) groups is 2. The van der Waals surface area contributed by atoms with Crippen LogP contribution in [-0.4, -0.2) is 27.7 Å². The molecule has 2 fully saturated rings. The summed E-state index contributed by atoms with van der Waals surface area (Å²) in [5.74, 6) is -10.9. The van der Waals surface area contributed by atoms with E-state index in [4.69, 9.17) is 0 Å². The van der Waals surface area contributed by atoms with Gasteiger partial charge in [0.15, 0.2) is 29.1 Å². The largest absolute Gasteiger partial charge is 0.349 e. The van der Waals surface area contributed by atoms with E-state index in [0.29, 0.717) is 39.8 Å². The lowest BCUT2D eigenvalue weighted by atomic mass is 9.95. The first-order chi connectivity index (χ1) is 18.2. The Hall–Kier alpha value is -4.08. The number of aromatic nitrogens is 2. The van der Waals surface area contributed by atoms with Crippen LogP contribution in [0.1, 0.15) is 52.0 Å². The molecule has 2 N–H and O–H groups in total. The quantitative estimate of drug-likeness (QED) is 0.144. The molecule has 1 heterocycles. The van der Waals surface area contributed by atoms with Gasteiger partial charge in [-0.3, -0.25) is 9.59 Å². The van der Waals surface area contributed by atoms with E-state index in [-0.39, 0.29) is 17.5 Å². The van der Waals surface area contributed by atoms with Gasteiger partial charge in [-0.2, -0.15) is 0 Å². The lowest BCUT2D eigenvalue weighted by Gasteiger charge is -2.22. The Balaban J connectivity index is 1.23. The minimum atomic E-state index is -2.33. The Morgan fingerprint density at radius 3 is 2.11 bits per heavy atom. The van der Waals surface area contributed by atoms with E-state index in [0.717, 1.165) is 12.8 Å². The van der Waals surface area contributed by atoms with Crippen LogP contribution in [0, 0.1) is 40.9 Å². The van der Waals surface area contributed by atoms with Gasteiger partial charge in [-0.05, 0) is 49.3 Å². The lowest BCUT2D eigenvalue weighted by Crippen LogP contribution is -2.38.